The van der Waals surface area contributed by atoms with E-state index in [2.05, 4.69) is 0 Å². The first-order chi connectivity index (χ1) is 8.29. The third-order valence-electron chi connectivity index (χ3n) is 2.28. The number of hydrogen-bond donors (Lipinski definition) is 1. The summed E-state index contributed by atoms with van der Waals surface area (Å²) in [5.74, 6) is -0.764. The summed E-state index contributed by atoms with van der Waals surface area (Å²) in [4.78, 5) is 11.0. The molecule has 0 unspecified atom stereocenters. The van der Waals surface area contributed by atoms with Crippen LogP contribution in [0.5, 0.6) is 5.75 Å². The van der Waals surface area contributed by atoms with Crippen LogP contribution in [0.4, 0.5) is 0 Å². The van der Waals surface area contributed by atoms with Crippen molar-refractivity contribution in [1.29, 1.82) is 0 Å². The maximum atomic E-state index is 11.0. The molecule has 1 rings (SSSR count). The van der Waals surface area contributed by atoms with Crippen LogP contribution in [0.25, 0.3) is 0 Å². The molecule has 0 bridgehead atoms. The fraction of sp³-hybridized carbons (Fsp3) is 0.417. The molecule has 0 aromatic heterocycles. The zero-order valence-electron chi connectivity index (χ0n) is 10.3. The molecule has 1 aromatic carbocycles. The van der Waals surface area contributed by atoms with E-state index < -0.39 is 15.8 Å². The van der Waals surface area contributed by atoms with Crippen LogP contribution in [0, 0.1) is 6.92 Å². The molecule has 0 atom stereocenters. The maximum Gasteiger partial charge on any atom is 0.339 e. The fourth-order valence-corrected chi connectivity index (χ4v) is 2.08. The summed E-state index contributed by atoms with van der Waals surface area (Å²) in [6, 6.07) is 4.85. The van der Waals surface area contributed by atoms with Crippen LogP contribution >= 0.6 is 0 Å². The van der Waals surface area contributed by atoms with Crippen molar-refractivity contribution in [1.82, 2.24) is 0 Å². The highest BCUT2D eigenvalue weighted by atomic mass is 32.2. The Balaban J connectivity index is 2.65. The number of ether oxygens (including phenoxy) is 1. The molecule has 0 radical (unpaired) electrons. The highest BCUT2D eigenvalue weighted by molar-refractivity contribution is 7.90. The average molecular weight is 272 g/mol. The van der Waals surface area contributed by atoms with E-state index in [0.717, 1.165) is 11.8 Å². The highest BCUT2D eigenvalue weighted by Crippen LogP contribution is 2.20. The van der Waals surface area contributed by atoms with Gasteiger partial charge in [-0.2, -0.15) is 0 Å². The van der Waals surface area contributed by atoms with Gasteiger partial charge in [0.2, 0.25) is 0 Å². The number of carbonyl (C=O) groups is 1. The highest BCUT2D eigenvalue weighted by Gasteiger charge is 2.11. The van der Waals surface area contributed by atoms with E-state index in [-0.39, 0.29) is 23.7 Å². The largest absolute Gasteiger partial charge is 0.493 e. The first kappa shape index (κ1) is 14.5. The Morgan fingerprint density at radius 3 is 2.61 bits per heavy atom. The molecule has 6 heteroatoms. The Kier molecular flexibility index (Phi) is 4.72. The summed E-state index contributed by atoms with van der Waals surface area (Å²) in [6.07, 6.45) is 1.49. The van der Waals surface area contributed by atoms with Gasteiger partial charge in [0.1, 0.15) is 21.2 Å². The molecule has 5 nitrogen and oxygen atoms in total. The molecule has 0 aliphatic carbocycles. The second kappa shape index (κ2) is 5.86. The van der Waals surface area contributed by atoms with Gasteiger partial charge in [0.05, 0.1) is 12.4 Å². The molecule has 0 amide bonds. The molecule has 18 heavy (non-hydrogen) atoms. The Bertz CT molecular complexity index is 533. The SMILES string of the molecule is Cc1ccc(OCCCS(C)(=O)=O)c(C(=O)O)c1. The van der Waals surface area contributed by atoms with Gasteiger partial charge in [-0.05, 0) is 25.5 Å². The fourth-order valence-electron chi connectivity index (χ4n) is 1.44. The topological polar surface area (TPSA) is 80.7 Å². The van der Waals surface area contributed by atoms with E-state index in [4.69, 9.17) is 9.84 Å². The number of benzene rings is 1. The van der Waals surface area contributed by atoms with Crippen molar-refractivity contribution in [3.05, 3.63) is 29.3 Å². The van der Waals surface area contributed by atoms with Crippen LogP contribution < -0.4 is 4.74 Å². The van der Waals surface area contributed by atoms with Crippen LogP contribution in [0.2, 0.25) is 0 Å². The van der Waals surface area contributed by atoms with E-state index in [1.54, 1.807) is 19.1 Å². The molecule has 0 aliphatic heterocycles. The number of rotatable bonds is 6. The number of hydrogen-bond acceptors (Lipinski definition) is 4. The Morgan fingerprint density at radius 1 is 1.39 bits per heavy atom. The van der Waals surface area contributed by atoms with Gasteiger partial charge in [0, 0.05) is 6.26 Å². The molecule has 1 N–H and O–H groups in total. The van der Waals surface area contributed by atoms with Crippen LogP contribution in [-0.4, -0.2) is 38.1 Å². The van der Waals surface area contributed by atoms with E-state index >= 15 is 0 Å². The number of carboxylic acids is 1. The molecule has 1 aromatic rings. The second-order valence-corrected chi connectivity index (χ2v) is 6.40. The zero-order valence-corrected chi connectivity index (χ0v) is 11.2. The van der Waals surface area contributed by atoms with Gasteiger partial charge >= 0.3 is 5.97 Å². The normalized spacial score (nSPS) is 11.2. The second-order valence-electron chi connectivity index (χ2n) is 4.14. The lowest BCUT2D eigenvalue weighted by molar-refractivity contribution is 0.0692. The van der Waals surface area contributed by atoms with E-state index in [0.29, 0.717) is 6.42 Å². The average Bonchev–Trinajstić information content (AvgIpc) is 2.24. The first-order valence-electron chi connectivity index (χ1n) is 5.44. The lowest BCUT2D eigenvalue weighted by Gasteiger charge is -2.09. The number of sulfone groups is 1. The van der Waals surface area contributed by atoms with Gasteiger partial charge in [0.15, 0.2) is 0 Å². The third kappa shape index (κ3) is 4.75. The summed E-state index contributed by atoms with van der Waals surface area (Å²) in [5.41, 5.74) is 0.922. The number of aromatic carboxylic acids is 1. The van der Waals surface area contributed by atoms with Crippen molar-refractivity contribution in [2.24, 2.45) is 0 Å². The van der Waals surface area contributed by atoms with Gasteiger partial charge in [-0.3, -0.25) is 0 Å². The smallest absolute Gasteiger partial charge is 0.339 e. The molecule has 100 valence electrons. The Hall–Kier alpha value is -1.56. The lowest BCUT2D eigenvalue weighted by atomic mass is 10.1. The van der Waals surface area contributed by atoms with Crippen molar-refractivity contribution >= 4 is 15.8 Å². The molecule has 0 saturated heterocycles. The maximum absolute atomic E-state index is 11.0. The summed E-state index contributed by atoms with van der Waals surface area (Å²) >= 11 is 0. The van der Waals surface area contributed by atoms with Crippen LogP contribution in [0.15, 0.2) is 18.2 Å². The number of aryl methyl sites for hydroxylation is 1. The molecular formula is C12H16O5S. The number of carboxylic acid groups (broad SMARTS) is 1. The van der Waals surface area contributed by atoms with E-state index in [1.807, 2.05) is 0 Å². The van der Waals surface area contributed by atoms with Gasteiger partial charge in [-0.25, -0.2) is 13.2 Å². The van der Waals surface area contributed by atoms with Crippen molar-refractivity contribution < 1.29 is 23.1 Å². The van der Waals surface area contributed by atoms with Crippen molar-refractivity contribution in [2.75, 3.05) is 18.6 Å². The molecule has 0 saturated carbocycles. The summed E-state index contributed by atoms with van der Waals surface area (Å²) in [7, 11) is -3.01. The minimum atomic E-state index is -3.01. The van der Waals surface area contributed by atoms with Gasteiger partial charge < -0.3 is 9.84 Å². The van der Waals surface area contributed by atoms with Crippen LogP contribution in [0.3, 0.4) is 0 Å². The molecule has 0 heterocycles. The van der Waals surface area contributed by atoms with Crippen molar-refractivity contribution in [3.8, 4) is 5.75 Å². The summed E-state index contributed by atoms with van der Waals surface area (Å²) in [6.45, 7) is 1.97. The Morgan fingerprint density at radius 2 is 2.06 bits per heavy atom. The van der Waals surface area contributed by atoms with Gasteiger partial charge in [-0.15, -0.1) is 0 Å². The van der Waals surface area contributed by atoms with Gasteiger partial charge in [-0.1, -0.05) is 11.6 Å². The minimum Gasteiger partial charge on any atom is -0.493 e. The molecule has 0 aliphatic rings. The standard InChI is InChI=1S/C12H16O5S/c1-9-4-5-11(10(8-9)12(13)14)17-6-3-7-18(2,15)16/h4-5,8H,3,6-7H2,1-2H3,(H,13,14). The molecule has 0 spiro atoms. The van der Waals surface area contributed by atoms with E-state index in [9.17, 15) is 13.2 Å². The summed E-state index contributed by atoms with van der Waals surface area (Å²) in [5, 5.41) is 9.00. The Labute approximate surface area is 106 Å². The van der Waals surface area contributed by atoms with Crippen molar-refractivity contribution in [3.63, 3.8) is 0 Å². The van der Waals surface area contributed by atoms with Crippen LogP contribution in [-0.2, 0) is 9.84 Å². The molecular weight excluding hydrogens is 256 g/mol. The monoisotopic (exact) mass is 272 g/mol. The first-order valence-corrected chi connectivity index (χ1v) is 7.50. The lowest BCUT2D eigenvalue weighted by Crippen LogP contribution is -2.09. The zero-order chi connectivity index (χ0) is 13.8. The quantitative estimate of drug-likeness (QED) is 0.794. The van der Waals surface area contributed by atoms with E-state index in [1.165, 1.54) is 6.07 Å². The van der Waals surface area contributed by atoms with Gasteiger partial charge in [0.25, 0.3) is 0 Å². The minimum absolute atomic E-state index is 0.0290. The predicted octanol–water partition coefficient (Wildman–Crippen LogP) is 1.51. The third-order valence-corrected chi connectivity index (χ3v) is 3.31. The van der Waals surface area contributed by atoms with Crippen LogP contribution in [0.1, 0.15) is 22.3 Å². The summed E-state index contributed by atoms with van der Waals surface area (Å²) < 4.78 is 27.1. The van der Waals surface area contributed by atoms with Crippen molar-refractivity contribution in [2.45, 2.75) is 13.3 Å². The molecule has 0 fully saturated rings. The predicted molar refractivity (Wildman–Crippen MR) is 68.0 cm³/mol.